The van der Waals surface area contributed by atoms with Crippen LogP contribution in [0.1, 0.15) is 18.1 Å². The Bertz CT molecular complexity index is 656. The molecule has 0 aliphatic carbocycles. The summed E-state index contributed by atoms with van der Waals surface area (Å²) in [4.78, 5) is 5.20. The van der Waals surface area contributed by atoms with Crippen LogP contribution in [0.25, 0.3) is 0 Å². The first-order valence-corrected chi connectivity index (χ1v) is 6.38. The van der Waals surface area contributed by atoms with Crippen LogP contribution < -0.4 is 4.74 Å². The van der Waals surface area contributed by atoms with Crippen molar-refractivity contribution >= 4 is 5.71 Å². The van der Waals surface area contributed by atoms with Crippen LogP contribution in [0.2, 0.25) is 0 Å². The van der Waals surface area contributed by atoms with Gasteiger partial charge in [0.1, 0.15) is 12.4 Å². The predicted molar refractivity (Wildman–Crippen MR) is 78.1 cm³/mol. The molecule has 0 aliphatic rings. The molecule has 0 heterocycles. The van der Waals surface area contributed by atoms with Crippen molar-refractivity contribution in [2.45, 2.75) is 13.5 Å². The maximum absolute atomic E-state index is 13.0. The molecule has 0 fully saturated rings. The summed E-state index contributed by atoms with van der Waals surface area (Å²) in [5.74, 6) is 0.124. The van der Waals surface area contributed by atoms with Crippen molar-refractivity contribution in [3.8, 4) is 11.5 Å². The normalized spacial score (nSPS) is 11.3. The van der Waals surface area contributed by atoms with Gasteiger partial charge in [-0.3, -0.25) is 0 Å². The summed E-state index contributed by atoms with van der Waals surface area (Å²) in [6, 6.07) is 11.1. The van der Waals surface area contributed by atoms with E-state index in [0.717, 1.165) is 0 Å². The topological polar surface area (TPSA) is 51.0 Å². The second-order valence-corrected chi connectivity index (χ2v) is 4.47. The minimum absolute atomic E-state index is 0.0367. The van der Waals surface area contributed by atoms with Crippen LogP contribution in [-0.2, 0) is 11.4 Å². The summed E-state index contributed by atoms with van der Waals surface area (Å²) in [6.07, 6.45) is 0. The number of hydrogen-bond acceptors (Lipinski definition) is 4. The van der Waals surface area contributed by atoms with Gasteiger partial charge in [-0.1, -0.05) is 17.3 Å². The molecular formula is C16H16FNO3. The fourth-order valence-electron chi connectivity index (χ4n) is 1.80. The SMILES string of the molecule is COc1ccc(/C(C)=N/OCc2cccc(F)c2)cc1O. The number of oxime groups is 1. The molecule has 2 aromatic carbocycles. The van der Waals surface area contributed by atoms with Gasteiger partial charge < -0.3 is 14.7 Å². The van der Waals surface area contributed by atoms with Crippen molar-refractivity contribution < 1.29 is 19.1 Å². The summed E-state index contributed by atoms with van der Waals surface area (Å²) in [7, 11) is 1.48. The van der Waals surface area contributed by atoms with Crippen LogP contribution in [0.15, 0.2) is 47.6 Å². The molecule has 2 aromatic rings. The van der Waals surface area contributed by atoms with Gasteiger partial charge >= 0.3 is 0 Å². The third-order valence-electron chi connectivity index (χ3n) is 2.92. The van der Waals surface area contributed by atoms with Gasteiger partial charge in [0.25, 0.3) is 0 Å². The number of benzene rings is 2. The Balaban J connectivity index is 2.02. The van der Waals surface area contributed by atoms with Gasteiger partial charge in [0.05, 0.1) is 12.8 Å². The van der Waals surface area contributed by atoms with Crippen LogP contribution in [0.4, 0.5) is 4.39 Å². The molecule has 0 bridgehead atoms. The zero-order valence-corrected chi connectivity index (χ0v) is 11.8. The number of nitrogens with zero attached hydrogens (tertiary/aromatic N) is 1. The van der Waals surface area contributed by atoms with E-state index < -0.39 is 0 Å². The molecule has 5 heteroatoms. The van der Waals surface area contributed by atoms with Crippen LogP contribution in [0.5, 0.6) is 11.5 Å². The lowest BCUT2D eigenvalue weighted by atomic mass is 10.1. The molecule has 0 saturated heterocycles. The third kappa shape index (κ3) is 3.95. The molecule has 4 nitrogen and oxygen atoms in total. The maximum Gasteiger partial charge on any atom is 0.160 e. The monoisotopic (exact) mass is 289 g/mol. The highest BCUT2D eigenvalue weighted by Gasteiger charge is 2.05. The van der Waals surface area contributed by atoms with Gasteiger partial charge in [0.15, 0.2) is 11.5 Å². The van der Waals surface area contributed by atoms with Crippen LogP contribution in [0.3, 0.4) is 0 Å². The minimum atomic E-state index is -0.308. The molecular weight excluding hydrogens is 273 g/mol. The predicted octanol–water partition coefficient (Wildman–Crippen LogP) is 3.48. The second kappa shape index (κ2) is 6.74. The Labute approximate surface area is 122 Å². The highest BCUT2D eigenvalue weighted by atomic mass is 19.1. The number of ether oxygens (including phenoxy) is 1. The Morgan fingerprint density at radius 1 is 1.24 bits per heavy atom. The minimum Gasteiger partial charge on any atom is -0.504 e. The molecule has 0 unspecified atom stereocenters. The van der Waals surface area contributed by atoms with Crippen molar-refractivity contribution in [3.63, 3.8) is 0 Å². The molecule has 21 heavy (non-hydrogen) atoms. The quantitative estimate of drug-likeness (QED) is 0.677. The molecule has 1 N–H and O–H groups in total. The number of rotatable bonds is 5. The molecule has 0 radical (unpaired) electrons. The summed E-state index contributed by atoms with van der Waals surface area (Å²) < 4.78 is 18.0. The third-order valence-corrected chi connectivity index (χ3v) is 2.92. The van der Waals surface area contributed by atoms with E-state index >= 15 is 0 Å². The fourth-order valence-corrected chi connectivity index (χ4v) is 1.80. The summed E-state index contributed by atoms with van der Waals surface area (Å²) >= 11 is 0. The molecule has 2 rings (SSSR count). The van der Waals surface area contributed by atoms with Gasteiger partial charge in [-0.15, -0.1) is 0 Å². The van der Waals surface area contributed by atoms with Crippen molar-refractivity contribution in [3.05, 3.63) is 59.4 Å². The van der Waals surface area contributed by atoms with E-state index in [0.29, 0.717) is 22.6 Å². The molecule has 0 aliphatic heterocycles. The number of aromatic hydroxyl groups is 1. The molecule has 110 valence electrons. The largest absolute Gasteiger partial charge is 0.504 e. The molecule has 0 aromatic heterocycles. The Morgan fingerprint density at radius 2 is 2.05 bits per heavy atom. The van der Waals surface area contributed by atoms with E-state index in [4.69, 9.17) is 9.57 Å². The first kappa shape index (κ1) is 14.8. The number of methoxy groups -OCH3 is 1. The van der Waals surface area contributed by atoms with Crippen molar-refractivity contribution in [2.24, 2.45) is 5.16 Å². The molecule has 0 spiro atoms. The highest BCUT2D eigenvalue weighted by molar-refractivity contribution is 5.98. The van der Waals surface area contributed by atoms with E-state index in [1.54, 1.807) is 37.3 Å². The Kier molecular flexibility index (Phi) is 4.77. The average molecular weight is 289 g/mol. The van der Waals surface area contributed by atoms with Crippen molar-refractivity contribution in [1.29, 1.82) is 0 Å². The van der Waals surface area contributed by atoms with Gasteiger partial charge in [-0.2, -0.15) is 0 Å². The van der Waals surface area contributed by atoms with Crippen LogP contribution in [-0.4, -0.2) is 17.9 Å². The first-order chi connectivity index (χ1) is 10.1. The van der Waals surface area contributed by atoms with E-state index in [1.165, 1.54) is 19.2 Å². The van der Waals surface area contributed by atoms with E-state index in [1.807, 2.05) is 0 Å². The fraction of sp³-hybridized carbons (Fsp3) is 0.188. The molecule has 0 atom stereocenters. The van der Waals surface area contributed by atoms with Gasteiger partial charge in [-0.25, -0.2) is 4.39 Å². The van der Waals surface area contributed by atoms with Crippen molar-refractivity contribution in [1.82, 2.24) is 0 Å². The Morgan fingerprint density at radius 3 is 2.71 bits per heavy atom. The van der Waals surface area contributed by atoms with Gasteiger partial charge in [-0.05, 0) is 42.8 Å². The van der Waals surface area contributed by atoms with Gasteiger partial charge in [0.2, 0.25) is 0 Å². The second-order valence-electron chi connectivity index (χ2n) is 4.47. The zero-order chi connectivity index (χ0) is 15.2. The summed E-state index contributed by atoms with van der Waals surface area (Å²) in [5.41, 5.74) is 2.01. The zero-order valence-electron chi connectivity index (χ0n) is 11.8. The number of phenols is 1. The first-order valence-electron chi connectivity index (χ1n) is 6.38. The Hall–Kier alpha value is -2.56. The molecule has 0 saturated carbocycles. The van der Waals surface area contributed by atoms with E-state index in [2.05, 4.69) is 5.16 Å². The number of hydrogen-bond donors (Lipinski definition) is 1. The van der Waals surface area contributed by atoms with E-state index in [-0.39, 0.29) is 18.2 Å². The summed E-state index contributed by atoms with van der Waals surface area (Å²) in [6.45, 7) is 1.93. The van der Waals surface area contributed by atoms with Crippen LogP contribution in [0, 0.1) is 5.82 Å². The summed E-state index contributed by atoms with van der Waals surface area (Å²) in [5, 5.41) is 13.7. The smallest absolute Gasteiger partial charge is 0.160 e. The van der Waals surface area contributed by atoms with Crippen LogP contribution >= 0.6 is 0 Å². The maximum atomic E-state index is 13.0. The van der Waals surface area contributed by atoms with Gasteiger partial charge in [0, 0.05) is 5.56 Å². The lowest BCUT2D eigenvalue weighted by Crippen LogP contribution is -1.97. The average Bonchev–Trinajstić information content (AvgIpc) is 2.47. The van der Waals surface area contributed by atoms with E-state index in [9.17, 15) is 9.50 Å². The van der Waals surface area contributed by atoms with Crippen molar-refractivity contribution in [2.75, 3.05) is 7.11 Å². The lowest BCUT2D eigenvalue weighted by molar-refractivity contribution is 0.130. The molecule has 0 amide bonds. The number of halogens is 1. The number of phenolic OH excluding ortho intramolecular Hbond substituents is 1. The lowest BCUT2D eigenvalue weighted by Gasteiger charge is -2.06. The standard InChI is InChI=1S/C16H16FNO3/c1-11(13-6-7-16(20-2)15(19)9-13)18-21-10-12-4-3-5-14(17)8-12/h3-9,19H,10H2,1-2H3/b18-11+. The highest BCUT2D eigenvalue weighted by Crippen LogP contribution is 2.26.